The molecule has 1 saturated heterocycles. The molecule has 2 rings (SSSR count). The fraction of sp³-hybridized carbons (Fsp3) is 0.500. The van der Waals surface area contributed by atoms with Crippen molar-refractivity contribution in [1.29, 1.82) is 0 Å². The minimum atomic E-state index is -4.41. The van der Waals surface area contributed by atoms with E-state index in [1.165, 1.54) is 0 Å². The zero-order chi connectivity index (χ0) is 20.2. The number of carbonyl (C=O) groups excluding carboxylic acids is 2. The lowest BCUT2D eigenvalue weighted by molar-refractivity contribution is -0.140. The van der Waals surface area contributed by atoms with Crippen molar-refractivity contribution in [2.24, 2.45) is 0 Å². The molecule has 0 aliphatic carbocycles. The molecule has 1 atom stereocenters. The van der Waals surface area contributed by atoms with E-state index in [9.17, 15) is 26.8 Å². The highest BCUT2D eigenvalue weighted by Gasteiger charge is 2.36. The Morgan fingerprint density at radius 2 is 2.00 bits per heavy atom. The van der Waals surface area contributed by atoms with Crippen LogP contribution in [0.2, 0.25) is 0 Å². The second-order valence-electron chi connectivity index (χ2n) is 6.21. The Morgan fingerprint density at radius 3 is 2.67 bits per heavy atom. The van der Waals surface area contributed by atoms with Crippen molar-refractivity contribution in [2.45, 2.75) is 37.4 Å². The van der Waals surface area contributed by atoms with Crippen molar-refractivity contribution >= 4 is 21.8 Å². The van der Waals surface area contributed by atoms with Gasteiger partial charge in [-0.25, -0.2) is 17.2 Å². The molecule has 0 unspecified atom stereocenters. The minimum Gasteiger partial charge on any atom is -0.360 e. The van der Waals surface area contributed by atoms with Gasteiger partial charge in [0.2, 0.25) is 10.0 Å². The third-order valence-corrected chi connectivity index (χ3v) is 5.60. The maximum absolute atomic E-state index is 14.0. The van der Waals surface area contributed by atoms with Gasteiger partial charge in [0.15, 0.2) is 0 Å². The van der Waals surface area contributed by atoms with Gasteiger partial charge in [0.05, 0.1) is 13.2 Å². The summed E-state index contributed by atoms with van der Waals surface area (Å²) in [6, 6.07) is 1.87. The molecule has 1 aromatic rings. The van der Waals surface area contributed by atoms with E-state index in [4.69, 9.17) is 4.74 Å². The van der Waals surface area contributed by atoms with Crippen molar-refractivity contribution in [1.82, 2.24) is 14.9 Å². The first-order valence-corrected chi connectivity index (χ1v) is 9.74. The van der Waals surface area contributed by atoms with E-state index in [0.717, 1.165) is 16.4 Å². The number of carbonyl (C=O) groups is 2. The normalized spacial score (nSPS) is 18.3. The number of amides is 2. The molecule has 2 amide bonds. The molecular weight excluding hydrogens is 384 g/mol. The van der Waals surface area contributed by atoms with Crippen molar-refractivity contribution in [3.8, 4) is 0 Å². The topological polar surface area (TPSA) is 105 Å². The summed E-state index contributed by atoms with van der Waals surface area (Å²) >= 11 is 0. The van der Waals surface area contributed by atoms with Crippen LogP contribution < -0.4 is 10.6 Å². The molecule has 1 heterocycles. The summed E-state index contributed by atoms with van der Waals surface area (Å²) in [6.07, 6.45) is -0.809. The Hall–Kier alpha value is -2.11. The maximum Gasteiger partial charge on any atom is 0.309 e. The molecule has 1 aromatic carbocycles. The number of halogens is 2. The lowest BCUT2D eigenvalue weighted by atomic mass is 10.3. The average molecular weight is 405 g/mol. The predicted octanol–water partition coefficient (Wildman–Crippen LogP) is 0.343. The summed E-state index contributed by atoms with van der Waals surface area (Å²) in [5, 5.41) is 4.68. The van der Waals surface area contributed by atoms with Crippen molar-refractivity contribution in [3.63, 3.8) is 0 Å². The van der Waals surface area contributed by atoms with Gasteiger partial charge >= 0.3 is 11.8 Å². The smallest absolute Gasteiger partial charge is 0.309 e. The first kappa shape index (κ1) is 21.2. The largest absolute Gasteiger partial charge is 0.360 e. The van der Waals surface area contributed by atoms with Crippen LogP contribution in [0.15, 0.2) is 23.1 Å². The molecule has 2 N–H and O–H groups in total. The Bertz CT molecular complexity index is 816. The number of rotatable bonds is 5. The molecule has 0 bridgehead atoms. The van der Waals surface area contributed by atoms with Gasteiger partial charge in [-0.05, 0) is 38.5 Å². The third kappa shape index (κ3) is 5.21. The molecule has 150 valence electrons. The molecule has 0 radical (unpaired) electrons. The molecule has 1 aliphatic heterocycles. The van der Waals surface area contributed by atoms with E-state index >= 15 is 0 Å². The standard InChI is InChI=1S/C16H21F2N3O5S/c1-10(2)20-16(23)15(22)19-9-14-21(6-3-7-26-14)27(24,25)13-8-11(17)4-5-12(13)18/h4-5,8,10,14H,3,6-7,9H2,1-2H3,(H,19,22)(H,20,23)/t14-/m1/s1. The Balaban J connectivity index is 2.16. The maximum atomic E-state index is 14.0. The number of sulfonamides is 1. The van der Waals surface area contributed by atoms with E-state index in [2.05, 4.69) is 10.6 Å². The fourth-order valence-corrected chi connectivity index (χ4v) is 4.13. The lowest BCUT2D eigenvalue weighted by Crippen LogP contribution is -2.53. The number of hydrogen-bond donors (Lipinski definition) is 2. The predicted molar refractivity (Wildman–Crippen MR) is 90.9 cm³/mol. The van der Waals surface area contributed by atoms with Gasteiger partial charge < -0.3 is 15.4 Å². The quantitative estimate of drug-likeness (QED) is 0.688. The van der Waals surface area contributed by atoms with Gasteiger partial charge in [-0.15, -0.1) is 0 Å². The van der Waals surface area contributed by atoms with Gasteiger partial charge in [-0.2, -0.15) is 4.31 Å². The Kier molecular flexibility index (Phi) is 6.84. The molecule has 1 fully saturated rings. The summed E-state index contributed by atoms with van der Waals surface area (Å²) < 4.78 is 59.0. The van der Waals surface area contributed by atoms with Crippen LogP contribution in [0.5, 0.6) is 0 Å². The monoisotopic (exact) mass is 405 g/mol. The zero-order valence-corrected chi connectivity index (χ0v) is 15.7. The van der Waals surface area contributed by atoms with Crippen LogP contribution in [0.25, 0.3) is 0 Å². The van der Waals surface area contributed by atoms with E-state index < -0.39 is 44.6 Å². The first-order chi connectivity index (χ1) is 12.6. The number of ether oxygens (including phenoxy) is 1. The van der Waals surface area contributed by atoms with Crippen LogP contribution in [-0.2, 0) is 24.3 Å². The second kappa shape index (κ2) is 8.72. The van der Waals surface area contributed by atoms with Crippen molar-refractivity contribution in [3.05, 3.63) is 29.8 Å². The van der Waals surface area contributed by atoms with E-state index in [-0.39, 0.29) is 25.7 Å². The average Bonchev–Trinajstić information content (AvgIpc) is 2.61. The summed E-state index contributed by atoms with van der Waals surface area (Å²) in [5.41, 5.74) is 0. The highest BCUT2D eigenvalue weighted by Crippen LogP contribution is 2.24. The number of nitrogens with zero attached hydrogens (tertiary/aromatic N) is 1. The first-order valence-electron chi connectivity index (χ1n) is 8.30. The van der Waals surface area contributed by atoms with Crippen LogP contribution >= 0.6 is 0 Å². The van der Waals surface area contributed by atoms with E-state index in [1.54, 1.807) is 13.8 Å². The molecule has 0 aromatic heterocycles. The molecule has 0 spiro atoms. The van der Waals surface area contributed by atoms with Crippen LogP contribution in [0.1, 0.15) is 20.3 Å². The summed E-state index contributed by atoms with van der Waals surface area (Å²) in [4.78, 5) is 22.6. The van der Waals surface area contributed by atoms with E-state index in [1.807, 2.05) is 0 Å². The molecule has 11 heteroatoms. The SMILES string of the molecule is CC(C)NC(=O)C(=O)NC[C@H]1OCCCN1S(=O)(=O)c1cc(F)ccc1F. The molecule has 0 saturated carbocycles. The van der Waals surface area contributed by atoms with Crippen LogP contribution in [-0.4, -0.2) is 56.5 Å². The summed E-state index contributed by atoms with van der Waals surface area (Å²) in [6.45, 7) is 3.25. The fourth-order valence-electron chi connectivity index (χ4n) is 2.49. The lowest BCUT2D eigenvalue weighted by Gasteiger charge is -2.34. The van der Waals surface area contributed by atoms with Crippen LogP contribution in [0, 0.1) is 11.6 Å². The van der Waals surface area contributed by atoms with Gasteiger partial charge in [0.1, 0.15) is 22.8 Å². The van der Waals surface area contributed by atoms with Gasteiger partial charge in [0, 0.05) is 12.6 Å². The highest BCUT2D eigenvalue weighted by molar-refractivity contribution is 7.89. The number of benzene rings is 1. The summed E-state index contributed by atoms with van der Waals surface area (Å²) in [5.74, 6) is -3.82. The Morgan fingerprint density at radius 1 is 1.30 bits per heavy atom. The molecule has 1 aliphatic rings. The Labute approximate surface area is 155 Å². The van der Waals surface area contributed by atoms with Crippen molar-refractivity contribution in [2.75, 3.05) is 19.7 Å². The van der Waals surface area contributed by atoms with Crippen molar-refractivity contribution < 1.29 is 31.5 Å². The van der Waals surface area contributed by atoms with Gasteiger partial charge in [0.25, 0.3) is 0 Å². The van der Waals surface area contributed by atoms with Crippen LogP contribution in [0.4, 0.5) is 8.78 Å². The molecule has 27 heavy (non-hydrogen) atoms. The zero-order valence-electron chi connectivity index (χ0n) is 14.9. The second-order valence-corrected chi connectivity index (χ2v) is 8.07. The number of hydrogen-bond acceptors (Lipinski definition) is 5. The molecular formula is C16H21F2N3O5S. The van der Waals surface area contributed by atoms with E-state index in [0.29, 0.717) is 12.5 Å². The number of nitrogens with one attached hydrogen (secondary N) is 2. The van der Waals surface area contributed by atoms with Gasteiger partial charge in [-0.1, -0.05) is 0 Å². The van der Waals surface area contributed by atoms with Crippen LogP contribution in [0.3, 0.4) is 0 Å². The summed E-state index contributed by atoms with van der Waals surface area (Å²) in [7, 11) is -4.41. The minimum absolute atomic E-state index is 0.00296. The highest BCUT2D eigenvalue weighted by atomic mass is 32.2. The third-order valence-electron chi connectivity index (χ3n) is 3.70. The van der Waals surface area contributed by atoms with Gasteiger partial charge in [-0.3, -0.25) is 9.59 Å². The molecule has 8 nitrogen and oxygen atoms in total.